The predicted molar refractivity (Wildman–Crippen MR) is 199 cm³/mol. The zero-order valence-corrected chi connectivity index (χ0v) is 33.2. The van der Waals surface area contributed by atoms with E-state index < -0.39 is 21.7 Å². The number of ether oxygens (including phenoxy) is 3. The van der Waals surface area contributed by atoms with Gasteiger partial charge < -0.3 is 29.1 Å². The Morgan fingerprint density at radius 2 is 1.57 bits per heavy atom. The van der Waals surface area contributed by atoms with Gasteiger partial charge in [-0.2, -0.15) is 9.61 Å². The average Bonchev–Trinajstić information content (AvgIpc) is 3.56. The zero-order valence-electron chi connectivity index (χ0n) is 31.2. The number of hydrogen-bond donors (Lipinski definition) is 1. The number of amides is 1. The molecule has 49 heavy (non-hydrogen) atoms. The van der Waals surface area contributed by atoms with Crippen molar-refractivity contribution in [3.05, 3.63) is 42.0 Å². The third kappa shape index (κ3) is 9.90. The van der Waals surface area contributed by atoms with Crippen molar-refractivity contribution in [3.8, 4) is 11.1 Å². The van der Waals surface area contributed by atoms with Crippen molar-refractivity contribution in [2.75, 3.05) is 31.6 Å². The Kier molecular flexibility index (Phi) is 11.6. The van der Waals surface area contributed by atoms with E-state index in [1.807, 2.05) is 48.5 Å². The highest BCUT2D eigenvalue weighted by Crippen LogP contribution is 2.44. The van der Waals surface area contributed by atoms with Crippen molar-refractivity contribution in [2.45, 2.75) is 128 Å². The summed E-state index contributed by atoms with van der Waals surface area (Å²) in [6.07, 6.45) is 7.00. The second-order valence-corrected chi connectivity index (χ2v) is 28.4. The molecule has 11 nitrogen and oxygen atoms in total. The highest BCUT2D eigenvalue weighted by Gasteiger charge is 2.45. The smallest absolute Gasteiger partial charge is 0.410 e. The average molecular weight is 711 g/mol. The number of aliphatic hydroxyl groups excluding tert-OH is 1. The summed E-state index contributed by atoms with van der Waals surface area (Å²) in [6, 6.07) is 8.34. The molecule has 1 amide bonds. The fraction of sp³-hybridized carbons (Fsp3) is 0.667. The molecule has 2 saturated heterocycles. The second kappa shape index (κ2) is 15.2. The molecule has 0 aliphatic carbocycles. The number of nitrogens with zero attached hydrogens (tertiary/aromatic N) is 6. The van der Waals surface area contributed by atoms with Gasteiger partial charge in [-0.3, -0.25) is 4.98 Å². The maximum absolute atomic E-state index is 13.2. The Balaban J connectivity index is 1.51. The van der Waals surface area contributed by atoms with Gasteiger partial charge in [0, 0.05) is 76.4 Å². The minimum absolute atomic E-state index is 0.115. The van der Waals surface area contributed by atoms with Crippen molar-refractivity contribution in [1.29, 1.82) is 0 Å². The Hall–Kier alpha value is -2.85. The molecule has 2 aliphatic heterocycles. The number of hydrogen-bond acceptors (Lipinski definition) is 9. The predicted octanol–water partition coefficient (Wildman–Crippen LogP) is 7.36. The van der Waals surface area contributed by atoms with Gasteiger partial charge in [-0.1, -0.05) is 45.3 Å². The van der Waals surface area contributed by atoms with Crippen LogP contribution in [0, 0.1) is 0 Å². The molecule has 270 valence electrons. The summed E-state index contributed by atoms with van der Waals surface area (Å²) in [6.45, 7) is 22.0. The molecule has 0 spiro atoms. The lowest BCUT2D eigenvalue weighted by Gasteiger charge is -2.39. The first-order chi connectivity index (χ1) is 23.0. The Morgan fingerprint density at radius 1 is 0.959 bits per heavy atom. The summed E-state index contributed by atoms with van der Waals surface area (Å²) >= 11 is 0. The SMILES string of the molecule is CC(C)(C)OC(=O)N1[C@@H]2CC[C@H]1C[C@H](c1cc(N(COCC[Si](C)(C)C)COCC[Si](C)(C)C)n3ncc(-c4ccc(CO)nc4)c3n1)C2. The Bertz CT molecular complexity index is 1530. The van der Waals surface area contributed by atoms with Crippen LogP contribution >= 0.6 is 0 Å². The van der Waals surface area contributed by atoms with Crippen LogP contribution in [0.4, 0.5) is 10.6 Å². The molecular weight excluding hydrogens is 653 g/mol. The third-order valence-electron chi connectivity index (χ3n) is 9.34. The highest BCUT2D eigenvalue weighted by atomic mass is 28.3. The molecule has 3 aromatic heterocycles. The van der Waals surface area contributed by atoms with Crippen LogP contribution in [0.3, 0.4) is 0 Å². The number of rotatable bonds is 14. The fourth-order valence-corrected chi connectivity index (χ4v) is 8.10. The van der Waals surface area contributed by atoms with E-state index in [1.54, 1.807) is 6.20 Å². The number of aliphatic hydroxyl groups is 1. The highest BCUT2D eigenvalue weighted by molar-refractivity contribution is 6.76. The van der Waals surface area contributed by atoms with Gasteiger partial charge in [0.15, 0.2) is 5.65 Å². The van der Waals surface area contributed by atoms with Crippen molar-refractivity contribution in [3.63, 3.8) is 0 Å². The lowest BCUT2D eigenvalue weighted by atomic mass is 9.88. The first kappa shape index (κ1) is 37.4. The summed E-state index contributed by atoms with van der Waals surface area (Å²) in [4.78, 5) is 27.1. The van der Waals surface area contributed by atoms with E-state index in [-0.39, 0.29) is 30.7 Å². The number of aromatic nitrogens is 4. The molecular formula is C36H58N6O5Si2. The van der Waals surface area contributed by atoms with Crippen molar-refractivity contribution >= 4 is 33.7 Å². The molecule has 1 N–H and O–H groups in total. The van der Waals surface area contributed by atoms with Gasteiger partial charge in [0.1, 0.15) is 24.9 Å². The number of carbonyl (C=O) groups excluding carboxylic acids is 1. The van der Waals surface area contributed by atoms with E-state index in [1.165, 1.54) is 0 Å². The van der Waals surface area contributed by atoms with Gasteiger partial charge in [0.25, 0.3) is 0 Å². The molecule has 2 bridgehead atoms. The third-order valence-corrected chi connectivity index (χ3v) is 12.7. The zero-order chi connectivity index (χ0) is 35.6. The van der Waals surface area contributed by atoms with Crippen molar-refractivity contribution in [2.24, 2.45) is 0 Å². The summed E-state index contributed by atoms with van der Waals surface area (Å²) in [5, 5.41) is 14.4. The van der Waals surface area contributed by atoms with E-state index in [0.717, 1.165) is 66.1 Å². The lowest BCUT2D eigenvalue weighted by molar-refractivity contribution is 0.00569. The summed E-state index contributed by atoms with van der Waals surface area (Å²) in [5.41, 5.74) is 3.55. The van der Waals surface area contributed by atoms with Gasteiger partial charge in [-0.25, -0.2) is 9.78 Å². The largest absolute Gasteiger partial charge is 0.444 e. The molecule has 5 heterocycles. The first-order valence-corrected chi connectivity index (χ1v) is 25.3. The van der Waals surface area contributed by atoms with Crippen LogP contribution in [0.15, 0.2) is 30.6 Å². The summed E-state index contributed by atoms with van der Waals surface area (Å²) < 4.78 is 20.4. The van der Waals surface area contributed by atoms with Gasteiger partial charge in [0.05, 0.1) is 18.5 Å². The maximum Gasteiger partial charge on any atom is 0.410 e. The minimum atomic E-state index is -1.27. The molecule has 0 saturated carbocycles. The normalized spacial score (nSPS) is 19.9. The van der Waals surface area contributed by atoms with Gasteiger partial charge in [0.2, 0.25) is 0 Å². The van der Waals surface area contributed by atoms with Crippen LogP contribution in [0.25, 0.3) is 16.8 Å². The van der Waals surface area contributed by atoms with E-state index >= 15 is 0 Å². The van der Waals surface area contributed by atoms with Crippen LogP contribution in [0.1, 0.15) is 63.8 Å². The number of fused-ring (bicyclic) bond motifs is 3. The van der Waals surface area contributed by atoms with Crippen LogP contribution in [0.5, 0.6) is 0 Å². The monoisotopic (exact) mass is 710 g/mol. The molecule has 0 radical (unpaired) electrons. The fourth-order valence-electron chi connectivity index (χ4n) is 6.59. The lowest BCUT2D eigenvalue weighted by Crippen LogP contribution is -2.48. The number of pyridine rings is 1. The number of carbonyl (C=O) groups is 1. The van der Waals surface area contributed by atoms with Gasteiger partial charge in [-0.05, 0) is 64.6 Å². The topological polar surface area (TPSA) is 115 Å². The molecule has 0 unspecified atom stereocenters. The van der Waals surface area contributed by atoms with Crippen LogP contribution in [0.2, 0.25) is 51.4 Å². The quantitative estimate of drug-likeness (QED) is 0.104. The second-order valence-electron chi connectivity index (χ2n) is 17.2. The van der Waals surface area contributed by atoms with Crippen molar-refractivity contribution in [1.82, 2.24) is 24.5 Å². The Morgan fingerprint density at radius 3 is 2.08 bits per heavy atom. The number of anilines is 1. The maximum atomic E-state index is 13.2. The standard InChI is InChI=1S/C36H58N6O5Si2/c1-36(2,3)47-35(44)41-29-12-13-30(41)19-27(18-29)32-20-33(40(24-45-14-16-48(4,5)6)25-46-15-17-49(7,8)9)42-34(39-32)31(22-38-42)26-10-11-28(23-43)37-21-26/h10-11,20-22,27,29-30,43H,12-19,23-25H2,1-9H3/t27-,29-,30+. The molecule has 3 aromatic rings. The summed E-state index contributed by atoms with van der Waals surface area (Å²) in [5.74, 6) is 1.04. The van der Waals surface area contributed by atoms with Crippen molar-refractivity contribution < 1.29 is 24.1 Å². The van der Waals surface area contributed by atoms with Crippen LogP contribution < -0.4 is 4.90 Å². The molecule has 2 fully saturated rings. The van der Waals surface area contributed by atoms with E-state index in [2.05, 4.69) is 55.2 Å². The summed E-state index contributed by atoms with van der Waals surface area (Å²) in [7, 11) is -2.54. The molecule has 2 aliphatic rings. The van der Waals surface area contributed by atoms with E-state index in [4.69, 9.17) is 24.3 Å². The molecule has 0 aromatic carbocycles. The van der Waals surface area contributed by atoms with E-state index in [9.17, 15) is 9.90 Å². The van der Waals surface area contributed by atoms with Crippen LogP contribution in [-0.2, 0) is 20.8 Å². The van der Waals surface area contributed by atoms with Gasteiger partial charge in [-0.15, -0.1) is 0 Å². The molecule has 13 heteroatoms. The van der Waals surface area contributed by atoms with E-state index in [0.29, 0.717) is 32.4 Å². The molecule has 5 rings (SSSR count). The van der Waals surface area contributed by atoms with Gasteiger partial charge >= 0.3 is 6.09 Å². The minimum Gasteiger partial charge on any atom is -0.444 e. The molecule has 3 atom stereocenters. The first-order valence-electron chi connectivity index (χ1n) is 17.9. The Labute approximate surface area is 294 Å². The van der Waals surface area contributed by atoms with Crippen LogP contribution in [-0.4, -0.2) is 96.2 Å². The number of piperidine rings is 1.